The Morgan fingerprint density at radius 3 is 2.38 bits per heavy atom. The first-order valence-corrected chi connectivity index (χ1v) is 9.12. The fourth-order valence-electron chi connectivity index (χ4n) is 4.59. The molecule has 0 aromatic carbocycles. The van der Waals surface area contributed by atoms with Crippen molar-refractivity contribution < 1.29 is 9.59 Å². The van der Waals surface area contributed by atoms with Crippen LogP contribution in [0.3, 0.4) is 0 Å². The number of rotatable bonds is 6. The summed E-state index contributed by atoms with van der Waals surface area (Å²) >= 11 is 0. The Hall–Kier alpha value is -0.660. The largest absolute Gasteiger partial charge is 0.300 e. The highest BCUT2D eigenvalue weighted by atomic mass is 16.1. The van der Waals surface area contributed by atoms with Gasteiger partial charge in [0.2, 0.25) is 0 Å². The number of carbonyl (C=O) groups is 2. The molecule has 0 aromatic rings. The van der Waals surface area contributed by atoms with Crippen LogP contribution in [-0.4, -0.2) is 11.6 Å². The number of carbonyl (C=O) groups excluding carboxylic acids is 2. The summed E-state index contributed by atoms with van der Waals surface area (Å²) in [7, 11) is 0. The van der Waals surface area contributed by atoms with Gasteiger partial charge >= 0.3 is 0 Å². The lowest BCUT2D eigenvalue weighted by Crippen LogP contribution is -2.31. The van der Waals surface area contributed by atoms with Gasteiger partial charge in [-0.3, -0.25) is 4.79 Å². The molecule has 0 spiro atoms. The summed E-state index contributed by atoms with van der Waals surface area (Å²) < 4.78 is 0. The Labute approximate surface area is 130 Å². The van der Waals surface area contributed by atoms with E-state index in [-0.39, 0.29) is 11.7 Å². The van der Waals surface area contributed by atoms with Gasteiger partial charge in [-0.2, -0.15) is 0 Å². The average molecular weight is 292 g/mol. The van der Waals surface area contributed by atoms with Crippen LogP contribution in [-0.2, 0) is 9.59 Å². The Kier molecular flexibility index (Phi) is 6.44. The van der Waals surface area contributed by atoms with Gasteiger partial charge in [-0.1, -0.05) is 32.6 Å². The molecule has 2 fully saturated rings. The van der Waals surface area contributed by atoms with E-state index in [1.54, 1.807) is 6.92 Å². The standard InChI is InChI=1S/C19H32O2/c1-3-4-15-6-9-16(10-7-15)17-11-12-19(21)18(13-17)8-5-14(2)20/h15-18H,3-13H2,1-2H3/t15-,16-,17?,18?. The van der Waals surface area contributed by atoms with Crippen LogP contribution in [0, 0.1) is 23.7 Å². The first-order valence-electron chi connectivity index (χ1n) is 9.12. The Bertz CT molecular complexity index is 353. The molecule has 2 nitrogen and oxygen atoms in total. The third kappa shape index (κ3) is 4.93. The topological polar surface area (TPSA) is 34.1 Å². The third-order valence-electron chi connectivity index (χ3n) is 5.90. The molecule has 0 aliphatic heterocycles. The molecule has 2 rings (SSSR count). The fraction of sp³-hybridized carbons (Fsp3) is 0.895. The summed E-state index contributed by atoms with van der Waals surface area (Å²) in [6.45, 7) is 3.93. The van der Waals surface area contributed by atoms with Crippen LogP contribution >= 0.6 is 0 Å². The van der Waals surface area contributed by atoms with E-state index in [1.807, 2.05) is 0 Å². The number of hydrogen-bond donors (Lipinski definition) is 0. The van der Waals surface area contributed by atoms with E-state index in [4.69, 9.17) is 0 Å². The van der Waals surface area contributed by atoms with E-state index >= 15 is 0 Å². The van der Waals surface area contributed by atoms with Crippen LogP contribution in [0.15, 0.2) is 0 Å². The highest BCUT2D eigenvalue weighted by molar-refractivity contribution is 5.83. The lowest BCUT2D eigenvalue weighted by Gasteiger charge is -2.38. The summed E-state index contributed by atoms with van der Waals surface area (Å²) in [6.07, 6.45) is 12.6. The first-order chi connectivity index (χ1) is 10.1. The molecule has 120 valence electrons. The second-order valence-electron chi connectivity index (χ2n) is 7.51. The van der Waals surface area contributed by atoms with Crippen molar-refractivity contribution in [1.29, 1.82) is 0 Å². The second-order valence-corrected chi connectivity index (χ2v) is 7.51. The van der Waals surface area contributed by atoms with Crippen molar-refractivity contribution in [2.75, 3.05) is 0 Å². The summed E-state index contributed by atoms with van der Waals surface area (Å²) in [4.78, 5) is 23.2. The molecule has 0 aromatic heterocycles. The van der Waals surface area contributed by atoms with Gasteiger partial charge in [0.05, 0.1) is 0 Å². The minimum atomic E-state index is 0.181. The number of Topliss-reactive ketones (excluding diaryl/α,β-unsaturated/α-hetero) is 2. The molecule has 2 saturated carbocycles. The predicted molar refractivity (Wildman–Crippen MR) is 86.1 cm³/mol. The van der Waals surface area contributed by atoms with Crippen molar-refractivity contribution in [3.8, 4) is 0 Å². The van der Waals surface area contributed by atoms with Crippen molar-refractivity contribution in [1.82, 2.24) is 0 Å². The van der Waals surface area contributed by atoms with E-state index in [2.05, 4.69) is 6.92 Å². The van der Waals surface area contributed by atoms with Crippen LogP contribution < -0.4 is 0 Å². The Balaban J connectivity index is 1.81. The highest BCUT2D eigenvalue weighted by Crippen LogP contribution is 2.42. The first kappa shape index (κ1) is 16.7. The monoisotopic (exact) mass is 292 g/mol. The molecule has 0 amide bonds. The molecule has 2 unspecified atom stereocenters. The quantitative estimate of drug-likeness (QED) is 0.694. The van der Waals surface area contributed by atoms with E-state index in [0.717, 1.165) is 43.4 Å². The summed E-state index contributed by atoms with van der Waals surface area (Å²) in [5.74, 6) is 3.40. The molecule has 0 heterocycles. The molecule has 0 N–H and O–H groups in total. The van der Waals surface area contributed by atoms with Crippen LogP contribution in [0.25, 0.3) is 0 Å². The lowest BCUT2D eigenvalue weighted by molar-refractivity contribution is -0.127. The van der Waals surface area contributed by atoms with Gasteiger partial charge in [-0.25, -0.2) is 0 Å². The Morgan fingerprint density at radius 1 is 1.05 bits per heavy atom. The molecule has 0 bridgehead atoms. The maximum atomic E-state index is 12.1. The van der Waals surface area contributed by atoms with Gasteiger partial charge in [0.15, 0.2) is 0 Å². The minimum absolute atomic E-state index is 0.181. The molecule has 2 aliphatic carbocycles. The summed E-state index contributed by atoms with van der Waals surface area (Å²) in [5.41, 5.74) is 0. The van der Waals surface area contributed by atoms with E-state index in [1.165, 1.54) is 38.5 Å². The van der Waals surface area contributed by atoms with Crippen molar-refractivity contribution in [2.45, 2.75) is 84.5 Å². The normalized spacial score (nSPS) is 33.9. The molecule has 21 heavy (non-hydrogen) atoms. The third-order valence-corrected chi connectivity index (χ3v) is 5.90. The maximum Gasteiger partial charge on any atom is 0.136 e. The molecule has 2 atom stereocenters. The SMILES string of the molecule is CCC[C@H]1CC[C@H](C2CCC(=O)C(CCC(C)=O)C2)CC1. The van der Waals surface area contributed by atoms with Crippen molar-refractivity contribution >= 4 is 11.6 Å². The van der Waals surface area contributed by atoms with Crippen molar-refractivity contribution in [2.24, 2.45) is 23.7 Å². The fourth-order valence-corrected chi connectivity index (χ4v) is 4.59. The molecule has 2 heteroatoms. The predicted octanol–water partition coefficient (Wildman–Crippen LogP) is 4.95. The zero-order valence-corrected chi connectivity index (χ0v) is 13.9. The van der Waals surface area contributed by atoms with E-state index in [9.17, 15) is 9.59 Å². The van der Waals surface area contributed by atoms with Gasteiger partial charge in [-0.15, -0.1) is 0 Å². The zero-order valence-electron chi connectivity index (χ0n) is 13.9. The second kappa shape index (κ2) is 8.10. The van der Waals surface area contributed by atoms with E-state index in [0.29, 0.717) is 12.2 Å². The minimum Gasteiger partial charge on any atom is -0.300 e. The zero-order chi connectivity index (χ0) is 15.2. The summed E-state index contributed by atoms with van der Waals surface area (Å²) in [6, 6.07) is 0. The van der Waals surface area contributed by atoms with Crippen LogP contribution in [0.2, 0.25) is 0 Å². The van der Waals surface area contributed by atoms with E-state index < -0.39 is 0 Å². The molecule has 0 radical (unpaired) electrons. The number of hydrogen-bond acceptors (Lipinski definition) is 2. The summed E-state index contributed by atoms with van der Waals surface area (Å²) in [5, 5.41) is 0. The Morgan fingerprint density at radius 2 is 1.76 bits per heavy atom. The van der Waals surface area contributed by atoms with Gasteiger partial charge in [0, 0.05) is 18.8 Å². The van der Waals surface area contributed by atoms with Crippen LogP contribution in [0.4, 0.5) is 0 Å². The van der Waals surface area contributed by atoms with Crippen LogP contribution in [0.5, 0.6) is 0 Å². The van der Waals surface area contributed by atoms with Gasteiger partial charge in [-0.05, 0) is 56.8 Å². The maximum absolute atomic E-state index is 12.1. The average Bonchev–Trinajstić information content (AvgIpc) is 2.47. The molecular weight excluding hydrogens is 260 g/mol. The van der Waals surface area contributed by atoms with Gasteiger partial charge < -0.3 is 4.79 Å². The molecule has 2 aliphatic rings. The van der Waals surface area contributed by atoms with Crippen molar-refractivity contribution in [3.05, 3.63) is 0 Å². The van der Waals surface area contributed by atoms with Gasteiger partial charge in [0.25, 0.3) is 0 Å². The smallest absolute Gasteiger partial charge is 0.136 e. The lowest BCUT2D eigenvalue weighted by atomic mass is 9.67. The van der Waals surface area contributed by atoms with Crippen molar-refractivity contribution in [3.63, 3.8) is 0 Å². The highest BCUT2D eigenvalue weighted by Gasteiger charge is 2.34. The number of ketones is 2. The molecular formula is C19H32O2. The van der Waals surface area contributed by atoms with Crippen LogP contribution in [0.1, 0.15) is 84.5 Å². The molecule has 0 saturated heterocycles. The van der Waals surface area contributed by atoms with Gasteiger partial charge in [0.1, 0.15) is 11.6 Å².